The standard InChI is InChI=1S/C17H12Cl4F3NO/c18-13-7-12(8-14(19)16(13)26-6-5-15(20)21)25-9-10-1-3-11(4-2-10)17(22,23)24/h1-5,7-8,25H,6,9H2. The van der Waals surface area contributed by atoms with Crippen molar-refractivity contribution in [2.45, 2.75) is 12.7 Å². The second kappa shape index (κ2) is 9.09. The van der Waals surface area contributed by atoms with Crippen LogP contribution in [0.3, 0.4) is 0 Å². The van der Waals surface area contributed by atoms with Gasteiger partial charge in [0.2, 0.25) is 0 Å². The normalized spacial score (nSPS) is 11.2. The molecule has 0 fully saturated rings. The van der Waals surface area contributed by atoms with E-state index in [0.717, 1.165) is 12.1 Å². The minimum Gasteiger partial charge on any atom is -0.486 e. The third-order valence-corrected chi connectivity index (χ3v) is 4.11. The highest BCUT2D eigenvalue weighted by molar-refractivity contribution is 6.55. The van der Waals surface area contributed by atoms with Gasteiger partial charge >= 0.3 is 6.18 Å². The van der Waals surface area contributed by atoms with Crippen LogP contribution in [0.1, 0.15) is 11.1 Å². The predicted molar refractivity (Wildman–Crippen MR) is 101 cm³/mol. The third kappa shape index (κ3) is 6.16. The van der Waals surface area contributed by atoms with Crippen molar-refractivity contribution in [1.29, 1.82) is 0 Å². The molecule has 0 radical (unpaired) electrons. The SMILES string of the molecule is FC(F)(F)c1ccc(CNc2cc(Cl)c(OCC=C(Cl)Cl)c(Cl)c2)cc1. The summed E-state index contributed by atoms with van der Waals surface area (Å²) in [5.74, 6) is 0.277. The quantitative estimate of drug-likeness (QED) is 0.503. The molecule has 0 aliphatic heterocycles. The Balaban J connectivity index is 2.03. The Morgan fingerprint density at radius 1 is 1.04 bits per heavy atom. The zero-order valence-corrected chi connectivity index (χ0v) is 16.0. The largest absolute Gasteiger partial charge is 0.486 e. The molecule has 0 aromatic heterocycles. The molecule has 2 nitrogen and oxygen atoms in total. The van der Waals surface area contributed by atoms with Crippen molar-refractivity contribution in [3.05, 3.63) is 68.1 Å². The summed E-state index contributed by atoms with van der Waals surface area (Å²) >= 11 is 23.3. The van der Waals surface area contributed by atoms with Gasteiger partial charge in [0.25, 0.3) is 0 Å². The van der Waals surface area contributed by atoms with Crippen LogP contribution in [0.4, 0.5) is 18.9 Å². The molecule has 2 aromatic carbocycles. The molecule has 0 saturated heterocycles. The van der Waals surface area contributed by atoms with Crippen molar-refractivity contribution >= 4 is 52.1 Å². The average Bonchev–Trinajstić information content (AvgIpc) is 2.55. The van der Waals surface area contributed by atoms with Gasteiger partial charge < -0.3 is 10.1 Å². The number of hydrogen-bond acceptors (Lipinski definition) is 2. The molecule has 9 heteroatoms. The van der Waals surface area contributed by atoms with E-state index < -0.39 is 11.7 Å². The number of halogens is 7. The van der Waals surface area contributed by atoms with E-state index >= 15 is 0 Å². The van der Waals surface area contributed by atoms with E-state index in [1.54, 1.807) is 12.1 Å². The molecule has 0 atom stereocenters. The topological polar surface area (TPSA) is 21.3 Å². The molecule has 0 saturated carbocycles. The van der Waals surface area contributed by atoms with E-state index in [9.17, 15) is 13.2 Å². The van der Waals surface area contributed by atoms with Gasteiger partial charge in [-0.15, -0.1) is 0 Å². The van der Waals surface area contributed by atoms with Crippen LogP contribution in [0.15, 0.2) is 47.0 Å². The molecule has 0 aliphatic carbocycles. The summed E-state index contributed by atoms with van der Waals surface area (Å²) in [6.45, 7) is 0.399. The van der Waals surface area contributed by atoms with Gasteiger partial charge in [0, 0.05) is 12.2 Å². The van der Waals surface area contributed by atoms with Crippen LogP contribution < -0.4 is 10.1 Å². The van der Waals surface area contributed by atoms with Gasteiger partial charge in [-0.1, -0.05) is 58.5 Å². The zero-order chi connectivity index (χ0) is 19.3. The van der Waals surface area contributed by atoms with E-state index in [-0.39, 0.29) is 26.9 Å². The second-order valence-electron chi connectivity index (χ2n) is 5.12. The van der Waals surface area contributed by atoms with Crippen LogP contribution in [0, 0.1) is 0 Å². The number of anilines is 1. The maximum Gasteiger partial charge on any atom is 0.416 e. The van der Waals surface area contributed by atoms with Gasteiger partial charge in [-0.2, -0.15) is 13.2 Å². The molecule has 0 aliphatic rings. The lowest BCUT2D eigenvalue weighted by molar-refractivity contribution is -0.137. The highest BCUT2D eigenvalue weighted by Gasteiger charge is 2.29. The van der Waals surface area contributed by atoms with E-state index in [1.807, 2.05) is 0 Å². The Morgan fingerprint density at radius 2 is 1.62 bits per heavy atom. The number of benzene rings is 2. The molecule has 26 heavy (non-hydrogen) atoms. The first-order valence-electron chi connectivity index (χ1n) is 7.20. The van der Waals surface area contributed by atoms with Crippen LogP contribution in [-0.4, -0.2) is 6.61 Å². The minimum absolute atomic E-state index is 0.0621. The van der Waals surface area contributed by atoms with Crippen LogP contribution in [0.2, 0.25) is 10.0 Å². The fraction of sp³-hybridized carbons (Fsp3) is 0.176. The molecule has 2 aromatic rings. The summed E-state index contributed by atoms with van der Waals surface area (Å²) in [5.41, 5.74) is 0.575. The molecule has 140 valence electrons. The highest BCUT2D eigenvalue weighted by Crippen LogP contribution is 2.36. The average molecular weight is 445 g/mol. The van der Waals surface area contributed by atoms with E-state index in [2.05, 4.69) is 5.32 Å². The smallest absolute Gasteiger partial charge is 0.416 e. The Labute approximate surface area is 168 Å². The molecule has 0 spiro atoms. The number of alkyl halides is 3. The van der Waals surface area contributed by atoms with Crippen LogP contribution in [0.5, 0.6) is 5.75 Å². The Hall–Kier alpha value is -1.27. The van der Waals surface area contributed by atoms with Crippen molar-refractivity contribution in [3.8, 4) is 5.75 Å². The first kappa shape index (κ1) is 21.0. The van der Waals surface area contributed by atoms with E-state index in [1.165, 1.54) is 18.2 Å². The second-order valence-corrected chi connectivity index (χ2v) is 6.94. The fourth-order valence-corrected chi connectivity index (χ4v) is 2.73. The van der Waals surface area contributed by atoms with E-state index in [0.29, 0.717) is 17.8 Å². The molecule has 2 rings (SSSR count). The predicted octanol–water partition coefficient (Wildman–Crippen LogP) is 7.32. The minimum atomic E-state index is -4.36. The van der Waals surface area contributed by atoms with Crippen molar-refractivity contribution in [2.24, 2.45) is 0 Å². The van der Waals surface area contributed by atoms with Crippen LogP contribution in [-0.2, 0) is 12.7 Å². The molecule has 0 unspecified atom stereocenters. The van der Waals surface area contributed by atoms with Crippen molar-refractivity contribution in [2.75, 3.05) is 11.9 Å². The fourth-order valence-electron chi connectivity index (χ4n) is 2.00. The van der Waals surface area contributed by atoms with Crippen LogP contribution in [0.25, 0.3) is 0 Å². The van der Waals surface area contributed by atoms with Crippen molar-refractivity contribution in [3.63, 3.8) is 0 Å². The number of hydrogen-bond donors (Lipinski definition) is 1. The van der Waals surface area contributed by atoms with Gasteiger partial charge in [0.05, 0.1) is 15.6 Å². The number of nitrogens with one attached hydrogen (secondary N) is 1. The Morgan fingerprint density at radius 3 is 2.12 bits per heavy atom. The van der Waals surface area contributed by atoms with Gasteiger partial charge in [-0.3, -0.25) is 0 Å². The number of rotatable bonds is 6. The van der Waals surface area contributed by atoms with E-state index in [4.69, 9.17) is 51.1 Å². The molecule has 1 N–H and O–H groups in total. The third-order valence-electron chi connectivity index (χ3n) is 3.24. The molecule has 0 amide bonds. The summed E-state index contributed by atoms with van der Waals surface area (Å²) in [7, 11) is 0. The Kier molecular flexibility index (Phi) is 7.35. The summed E-state index contributed by atoms with van der Waals surface area (Å²) < 4.78 is 43.1. The maximum absolute atomic E-state index is 12.6. The van der Waals surface area contributed by atoms with Crippen LogP contribution >= 0.6 is 46.4 Å². The highest BCUT2D eigenvalue weighted by atomic mass is 35.5. The van der Waals surface area contributed by atoms with Gasteiger partial charge in [0.15, 0.2) is 5.75 Å². The zero-order valence-electron chi connectivity index (χ0n) is 13.0. The van der Waals surface area contributed by atoms with Crippen molar-refractivity contribution in [1.82, 2.24) is 0 Å². The number of ether oxygens (including phenoxy) is 1. The lowest BCUT2D eigenvalue weighted by atomic mass is 10.1. The van der Waals surface area contributed by atoms with Gasteiger partial charge in [-0.25, -0.2) is 0 Å². The van der Waals surface area contributed by atoms with Gasteiger partial charge in [0.1, 0.15) is 11.1 Å². The first-order chi connectivity index (χ1) is 12.2. The maximum atomic E-state index is 12.6. The van der Waals surface area contributed by atoms with Crippen molar-refractivity contribution < 1.29 is 17.9 Å². The Bertz CT molecular complexity index is 765. The summed E-state index contributed by atoms with van der Waals surface area (Å²) in [4.78, 5) is 0. The van der Waals surface area contributed by atoms with Gasteiger partial charge in [-0.05, 0) is 35.9 Å². The molecular weight excluding hydrogens is 433 g/mol. The lowest BCUT2D eigenvalue weighted by Crippen LogP contribution is -2.05. The summed E-state index contributed by atoms with van der Waals surface area (Å²) in [6.07, 6.45) is -2.92. The molecular formula is C17H12Cl4F3NO. The summed E-state index contributed by atoms with van der Waals surface area (Å²) in [6, 6.07) is 8.06. The summed E-state index contributed by atoms with van der Waals surface area (Å²) in [5, 5.41) is 3.58. The lowest BCUT2D eigenvalue weighted by Gasteiger charge is -2.13. The molecule has 0 bridgehead atoms. The first-order valence-corrected chi connectivity index (χ1v) is 8.71. The monoisotopic (exact) mass is 443 g/mol. The molecule has 0 heterocycles.